The fraction of sp³-hybridized carbons (Fsp3) is 0.0526. The van der Waals surface area contributed by atoms with Crippen LogP contribution in [-0.2, 0) is 10.8 Å². The van der Waals surface area contributed by atoms with Gasteiger partial charge in [0.25, 0.3) is 0 Å². The Bertz CT molecular complexity index is 4210. The number of rotatable bonds is 9. The van der Waals surface area contributed by atoms with Crippen LogP contribution < -0.4 is 25.6 Å². The maximum absolute atomic E-state index is 2.73. The van der Waals surface area contributed by atoms with E-state index in [0.29, 0.717) is 0 Å². The molecule has 368 valence electrons. The summed E-state index contributed by atoms with van der Waals surface area (Å²) in [6.45, 7) is 4.77. The molecule has 2 aliphatic carbocycles. The van der Waals surface area contributed by atoms with Gasteiger partial charge in [-0.05, 0) is 141 Å². The van der Waals surface area contributed by atoms with Crippen molar-refractivity contribution < 1.29 is 0 Å². The van der Waals surface area contributed by atoms with Gasteiger partial charge in [0.1, 0.15) is 0 Å². The van der Waals surface area contributed by atoms with E-state index in [-0.39, 0.29) is 5.41 Å². The van der Waals surface area contributed by atoms with Crippen molar-refractivity contribution in [3.8, 4) is 55.6 Å². The molecule has 0 spiro atoms. The molecular weight excluding hydrogens is 955 g/mol. The van der Waals surface area contributed by atoms with E-state index in [9.17, 15) is 0 Å². The van der Waals surface area contributed by atoms with Gasteiger partial charge in [-0.1, -0.05) is 275 Å². The second-order valence-corrected chi connectivity index (χ2v) is 25.6. The third-order valence-electron chi connectivity index (χ3n) is 17.6. The van der Waals surface area contributed by atoms with Gasteiger partial charge in [-0.25, -0.2) is 0 Å². The van der Waals surface area contributed by atoms with Crippen LogP contribution in [0.15, 0.2) is 297 Å². The summed E-state index contributed by atoms with van der Waals surface area (Å²) in [7, 11) is -2.73. The van der Waals surface area contributed by atoms with Crippen LogP contribution in [0.1, 0.15) is 47.2 Å². The van der Waals surface area contributed by atoms with Gasteiger partial charge in [0.2, 0.25) is 0 Å². The van der Waals surface area contributed by atoms with Crippen LogP contribution in [0.2, 0.25) is 0 Å². The van der Waals surface area contributed by atoms with E-state index in [4.69, 9.17) is 0 Å². The van der Waals surface area contributed by atoms with Gasteiger partial charge in [-0.2, -0.15) is 0 Å². The molecule has 0 saturated heterocycles. The Morgan fingerprint density at radius 2 is 0.731 bits per heavy atom. The van der Waals surface area contributed by atoms with E-state index < -0.39 is 13.5 Å². The first-order chi connectivity index (χ1) is 38.5. The molecular formula is C76H55NSi. The van der Waals surface area contributed by atoms with Crippen LogP contribution >= 0.6 is 0 Å². The van der Waals surface area contributed by atoms with Crippen LogP contribution in [-0.4, -0.2) is 8.07 Å². The number of fused-ring (bicyclic) bond motifs is 9. The Hall–Kier alpha value is -9.34. The maximum atomic E-state index is 2.55. The zero-order valence-corrected chi connectivity index (χ0v) is 44.7. The lowest BCUT2D eigenvalue weighted by Gasteiger charge is -2.35. The molecule has 0 amide bonds. The monoisotopic (exact) mass is 1010 g/mol. The molecule has 78 heavy (non-hydrogen) atoms. The Kier molecular flexibility index (Phi) is 10.5. The molecule has 12 aromatic carbocycles. The van der Waals surface area contributed by atoms with Crippen molar-refractivity contribution in [2.75, 3.05) is 4.90 Å². The van der Waals surface area contributed by atoms with Crippen LogP contribution in [0.25, 0.3) is 55.6 Å². The lowest BCUT2D eigenvalue weighted by Crippen LogP contribution is -2.72. The zero-order valence-electron chi connectivity index (χ0n) is 43.7. The highest BCUT2D eigenvalue weighted by Crippen LogP contribution is 2.58. The van der Waals surface area contributed by atoms with E-state index in [1.807, 2.05) is 0 Å². The van der Waals surface area contributed by atoms with E-state index in [2.05, 4.69) is 316 Å². The summed E-state index contributed by atoms with van der Waals surface area (Å²) < 4.78 is 0. The fourth-order valence-electron chi connectivity index (χ4n) is 14.2. The molecule has 0 fully saturated rings. The quantitative estimate of drug-likeness (QED) is 0.130. The number of benzene rings is 12. The van der Waals surface area contributed by atoms with E-state index in [0.717, 1.165) is 28.2 Å². The molecule has 0 N–H and O–H groups in total. The van der Waals surface area contributed by atoms with Gasteiger partial charge in [0, 0.05) is 22.4 Å². The highest BCUT2D eigenvalue weighted by Gasteiger charge is 2.49. The Balaban J connectivity index is 0.969. The summed E-state index contributed by atoms with van der Waals surface area (Å²) in [5.41, 5.74) is 22.9. The Morgan fingerprint density at radius 3 is 1.36 bits per heavy atom. The Labute approximate surface area is 459 Å². The van der Waals surface area contributed by atoms with Gasteiger partial charge in [-0.3, -0.25) is 0 Å². The fourth-order valence-corrected chi connectivity index (χ4v) is 19.4. The van der Waals surface area contributed by atoms with Gasteiger partial charge in [0.15, 0.2) is 8.07 Å². The van der Waals surface area contributed by atoms with E-state index >= 15 is 0 Å². The van der Waals surface area contributed by atoms with Crippen molar-refractivity contribution in [2.24, 2.45) is 0 Å². The van der Waals surface area contributed by atoms with Crippen molar-refractivity contribution in [3.63, 3.8) is 0 Å². The topological polar surface area (TPSA) is 3.24 Å². The third kappa shape index (κ3) is 6.66. The standard InChI is InChI=1S/C76H55NSi/c1-75(2)68-38-19-15-34-61(68)63-45-43-57(50-70(63)75)77(58-44-46-64-62-35-16-20-39-69(62)76(71(64)51-58,55-27-9-4-10-28-55)56-29-11-5-12-30-56)72-47-42-54(49-67(72)52-24-7-3-8-25-52)53-26-23-33-60(48-53)78(59-31-13-6-14-32-59)73-40-21-17-36-65(73)66-37-18-22-41-74(66)78/h3-51H,1-2H3. The smallest absolute Gasteiger partial charge is 0.180 e. The number of nitrogens with zero attached hydrogens (tertiary/aromatic N) is 1. The molecule has 0 radical (unpaired) electrons. The number of hydrogen-bond donors (Lipinski definition) is 0. The van der Waals surface area contributed by atoms with Crippen LogP contribution in [0.4, 0.5) is 17.1 Å². The van der Waals surface area contributed by atoms with Crippen molar-refractivity contribution in [3.05, 3.63) is 331 Å². The predicted molar refractivity (Wildman–Crippen MR) is 329 cm³/mol. The van der Waals surface area contributed by atoms with Gasteiger partial charge >= 0.3 is 0 Å². The summed E-state index contributed by atoms with van der Waals surface area (Å²) in [5, 5.41) is 5.69. The van der Waals surface area contributed by atoms with Crippen molar-refractivity contribution in [1.82, 2.24) is 0 Å². The average Bonchev–Trinajstić information content (AvgIpc) is 4.29. The zero-order chi connectivity index (χ0) is 52.0. The first kappa shape index (κ1) is 46.0. The van der Waals surface area contributed by atoms with Crippen LogP contribution in [0.3, 0.4) is 0 Å². The summed E-state index contributed by atoms with van der Waals surface area (Å²) in [4.78, 5) is 2.55. The minimum absolute atomic E-state index is 0.194. The highest BCUT2D eigenvalue weighted by molar-refractivity contribution is 7.22. The molecule has 1 nitrogen and oxygen atoms in total. The molecule has 1 aliphatic heterocycles. The molecule has 1 heterocycles. The summed E-state index contributed by atoms with van der Waals surface area (Å²) in [6.07, 6.45) is 0. The molecule has 0 aromatic heterocycles. The number of hydrogen-bond acceptors (Lipinski definition) is 1. The molecule has 0 bridgehead atoms. The number of anilines is 3. The lowest BCUT2D eigenvalue weighted by molar-refractivity contribution is 0.660. The summed E-state index contributed by atoms with van der Waals surface area (Å²) in [6, 6.07) is 112. The van der Waals surface area contributed by atoms with Gasteiger partial charge < -0.3 is 4.90 Å². The summed E-state index contributed by atoms with van der Waals surface area (Å²) >= 11 is 0. The van der Waals surface area contributed by atoms with Gasteiger partial charge in [-0.15, -0.1) is 0 Å². The first-order valence-corrected chi connectivity index (χ1v) is 29.4. The second-order valence-electron chi connectivity index (χ2n) is 21.9. The molecule has 0 atom stereocenters. The molecule has 2 heteroatoms. The minimum Gasteiger partial charge on any atom is -0.310 e. The van der Waals surface area contributed by atoms with Crippen molar-refractivity contribution in [1.29, 1.82) is 0 Å². The molecule has 3 aliphatic rings. The largest absolute Gasteiger partial charge is 0.310 e. The average molecular weight is 1010 g/mol. The first-order valence-electron chi connectivity index (χ1n) is 27.4. The summed E-state index contributed by atoms with van der Waals surface area (Å²) in [5.74, 6) is 0. The third-order valence-corrected chi connectivity index (χ3v) is 22.5. The molecule has 0 unspecified atom stereocenters. The normalized spacial score (nSPS) is 14.3. The highest BCUT2D eigenvalue weighted by atomic mass is 28.3. The van der Waals surface area contributed by atoms with Crippen molar-refractivity contribution in [2.45, 2.75) is 24.7 Å². The molecule has 0 saturated carbocycles. The minimum atomic E-state index is -2.73. The SMILES string of the molecule is CC1(C)c2ccccc2-c2ccc(N(c3ccc4c(c3)C(c3ccccc3)(c3ccccc3)c3ccccc3-4)c3ccc(-c4cccc([Si]5(c6ccccc6)c6ccccc6-c6ccccc65)c4)cc3-c3ccccc3)cc21. The van der Waals surface area contributed by atoms with Crippen LogP contribution in [0, 0.1) is 0 Å². The molecule has 15 rings (SSSR count). The van der Waals surface area contributed by atoms with E-state index in [1.54, 1.807) is 0 Å². The molecule has 12 aromatic rings. The van der Waals surface area contributed by atoms with Crippen LogP contribution in [0.5, 0.6) is 0 Å². The lowest BCUT2D eigenvalue weighted by atomic mass is 9.67. The maximum Gasteiger partial charge on any atom is 0.180 e. The van der Waals surface area contributed by atoms with E-state index in [1.165, 1.54) is 98.6 Å². The van der Waals surface area contributed by atoms with Gasteiger partial charge in [0.05, 0.1) is 11.1 Å². The predicted octanol–water partition coefficient (Wildman–Crippen LogP) is 16.5. The van der Waals surface area contributed by atoms with Crippen molar-refractivity contribution >= 4 is 45.9 Å². The second kappa shape index (κ2) is 17.9. The Morgan fingerprint density at radius 1 is 0.282 bits per heavy atom.